The van der Waals surface area contributed by atoms with Crippen molar-refractivity contribution >= 4 is 17.5 Å². The number of rotatable bonds is 4. The zero-order valence-electron chi connectivity index (χ0n) is 10.8. The zero-order chi connectivity index (χ0) is 13.7. The first-order chi connectivity index (χ1) is 9.20. The van der Waals surface area contributed by atoms with Gasteiger partial charge < -0.3 is 4.90 Å². The molecule has 0 aromatic heterocycles. The summed E-state index contributed by atoms with van der Waals surface area (Å²) in [6, 6.07) is 9.65. The highest BCUT2D eigenvalue weighted by molar-refractivity contribution is 6.30. The summed E-state index contributed by atoms with van der Waals surface area (Å²) < 4.78 is 0. The molecule has 1 aliphatic carbocycles. The maximum atomic E-state index is 12.3. The minimum Gasteiger partial charge on any atom is -0.326 e. The summed E-state index contributed by atoms with van der Waals surface area (Å²) in [4.78, 5) is 14.1. The maximum absolute atomic E-state index is 12.3. The summed E-state index contributed by atoms with van der Waals surface area (Å²) in [7, 11) is 0. The van der Waals surface area contributed by atoms with Crippen LogP contribution in [0.15, 0.2) is 24.3 Å². The van der Waals surface area contributed by atoms with Crippen LogP contribution in [0, 0.1) is 11.3 Å². The minimum atomic E-state index is 0.0378. The van der Waals surface area contributed by atoms with Gasteiger partial charge in [-0.05, 0) is 30.5 Å². The number of carbonyl (C=O) groups is 1. The molecule has 0 unspecified atom stereocenters. The Kier molecular flexibility index (Phi) is 4.81. The van der Waals surface area contributed by atoms with Gasteiger partial charge in [0.25, 0.3) is 0 Å². The molecule has 19 heavy (non-hydrogen) atoms. The normalized spacial score (nSPS) is 15.2. The molecule has 3 nitrogen and oxygen atoms in total. The van der Waals surface area contributed by atoms with Crippen molar-refractivity contribution in [1.82, 2.24) is 4.90 Å². The molecule has 0 spiro atoms. The molecule has 0 N–H and O–H groups in total. The number of nitriles is 1. The van der Waals surface area contributed by atoms with Gasteiger partial charge in [-0.25, -0.2) is 0 Å². The monoisotopic (exact) mass is 276 g/mol. The van der Waals surface area contributed by atoms with Crippen LogP contribution in [-0.4, -0.2) is 23.4 Å². The number of hydrogen-bond acceptors (Lipinski definition) is 2. The number of carbonyl (C=O) groups excluding carboxylic acids is 1. The van der Waals surface area contributed by atoms with Crippen molar-refractivity contribution in [3.05, 3.63) is 34.9 Å². The molecule has 1 saturated carbocycles. The highest BCUT2D eigenvalue weighted by Crippen LogP contribution is 2.24. The van der Waals surface area contributed by atoms with Gasteiger partial charge >= 0.3 is 0 Å². The fourth-order valence-corrected chi connectivity index (χ4v) is 2.72. The van der Waals surface area contributed by atoms with Crippen molar-refractivity contribution in [2.45, 2.75) is 38.1 Å². The number of halogens is 1. The maximum Gasteiger partial charge on any atom is 0.228 e. The number of hydrogen-bond donors (Lipinski definition) is 0. The van der Waals surface area contributed by atoms with E-state index >= 15 is 0 Å². The van der Waals surface area contributed by atoms with Gasteiger partial charge in [-0.3, -0.25) is 4.79 Å². The molecule has 1 amide bonds. The zero-order valence-corrected chi connectivity index (χ0v) is 11.6. The van der Waals surface area contributed by atoms with Crippen molar-refractivity contribution in [3.63, 3.8) is 0 Å². The second-order valence-corrected chi connectivity index (χ2v) is 5.36. The van der Waals surface area contributed by atoms with E-state index in [4.69, 9.17) is 16.9 Å². The van der Waals surface area contributed by atoms with E-state index in [0.29, 0.717) is 11.4 Å². The van der Waals surface area contributed by atoms with Crippen LogP contribution in [0.2, 0.25) is 5.02 Å². The summed E-state index contributed by atoms with van der Waals surface area (Å²) in [6.45, 7) is 0.192. The van der Waals surface area contributed by atoms with E-state index in [0.717, 1.165) is 31.2 Å². The summed E-state index contributed by atoms with van der Waals surface area (Å²) >= 11 is 5.83. The summed E-state index contributed by atoms with van der Waals surface area (Å²) in [5.74, 6) is 0.0378. The third-order valence-electron chi connectivity index (χ3n) is 3.60. The minimum absolute atomic E-state index is 0.0378. The molecular weight excluding hydrogens is 260 g/mol. The van der Waals surface area contributed by atoms with E-state index in [1.165, 1.54) is 0 Å². The molecule has 1 fully saturated rings. The molecular formula is C15H17ClN2O. The van der Waals surface area contributed by atoms with Crippen molar-refractivity contribution in [2.24, 2.45) is 0 Å². The van der Waals surface area contributed by atoms with Crippen LogP contribution >= 0.6 is 11.6 Å². The second kappa shape index (κ2) is 6.58. The predicted octanol–water partition coefficient (Wildman–Crippen LogP) is 3.18. The summed E-state index contributed by atoms with van der Waals surface area (Å²) in [5, 5.41) is 9.55. The van der Waals surface area contributed by atoms with E-state index in [1.54, 1.807) is 17.0 Å². The van der Waals surface area contributed by atoms with Gasteiger partial charge in [0.2, 0.25) is 5.91 Å². The molecule has 100 valence electrons. The quantitative estimate of drug-likeness (QED) is 0.793. The lowest BCUT2D eigenvalue weighted by atomic mass is 10.1. The van der Waals surface area contributed by atoms with Gasteiger partial charge in [0.15, 0.2) is 0 Å². The lowest BCUT2D eigenvalue weighted by molar-refractivity contribution is -0.132. The molecule has 0 bridgehead atoms. The van der Waals surface area contributed by atoms with Crippen molar-refractivity contribution < 1.29 is 4.79 Å². The third-order valence-corrected chi connectivity index (χ3v) is 3.85. The first kappa shape index (κ1) is 13.9. The third kappa shape index (κ3) is 3.71. The topological polar surface area (TPSA) is 44.1 Å². The molecule has 2 rings (SSSR count). The van der Waals surface area contributed by atoms with Gasteiger partial charge in [0.05, 0.1) is 12.5 Å². The molecule has 1 aliphatic rings. The standard InChI is InChI=1S/C15H17ClN2O/c16-13-7-5-12(6-8-13)11-15(19)18(10-9-17)14-3-1-2-4-14/h5-8,14H,1-4,10-11H2. The van der Waals surface area contributed by atoms with E-state index in [9.17, 15) is 4.79 Å². The van der Waals surface area contributed by atoms with E-state index < -0.39 is 0 Å². The van der Waals surface area contributed by atoms with Crippen LogP contribution in [0.1, 0.15) is 31.2 Å². The molecule has 1 aromatic carbocycles. The van der Waals surface area contributed by atoms with Crippen LogP contribution in [0.4, 0.5) is 0 Å². The molecule has 4 heteroatoms. The largest absolute Gasteiger partial charge is 0.326 e. The Balaban J connectivity index is 2.02. The number of amides is 1. The Morgan fingerprint density at radius 1 is 1.32 bits per heavy atom. The molecule has 0 radical (unpaired) electrons. The van der Waals surface area contributed by atoms with Crippen LogP contribution in [0.5, 0.6) is 0 Å². The van der Waals surface area contributed by atoms with Gasteiger partial charge in [-0.15, -0.1) is 0 Å². The lowest BCUT2D eigenvalue weighted by Crippen LogP contribution is -2.40. The fraction of sp³-hybridized carbons (Fsp3) is 0.467. The van der Waals surface area contributed by atoms with Crippen LogP contribution in [0.3, 0.4) is 0 Å². The molecule has 0 heterocycles. The Labute approximate surface area is 118 Å². The van der Waals surface area contributed by atoms with E-state index in [-0.39, 0.29) is 18.5 Å². The average molecular weight is 277 g/mol. The Hall–Kier alpha value is -1.53. The average Bonchev–Trinajstić information content (AvgIpc) is 2.92. The van der Waals surface area contributed by atoms with Crippen LogP contribution in [0.25, 0.3) is 0 Å². The smallest absolute Gasteiger partial charge is 0.228 e. The first-order valence-electron chi connectivity index (χ1n) is 6.61. The Morgan fingerprint density at radius 2 is 1.95 bits per heavy atom. The van der Waals surface area contributed by atoms with Crippen LogP contribution in [-0.2, 0) is 11.2 Å². The predicted molar refractivity (Wildman–Crippen MR) is 74.7 cm³/mol. The Morgan fingerprint density at radius 3 is 2.53 bits per heavy atom. The first-order valence-corrected chi connectivity index (χ1v) is 6.99. The van der Waals surface area contributed by atoms with Crippen LogP contribution < -0.4 is 0 Å². The van der Waals surface area contributed by atoms with Crippen molar-refractivity contribution in [3.8, 4) is 6.07 Å². The van der Waals surface area contributed by atoms with Gasteiger partial charge in [-0.2, -0.15) is 5.26 Å². The number of benzene rings is 1. The van der Waals surface area contributed by atoms with Gasteiger partial charge in [0, 0.05) is 11.1 Å². The van der Waals surface area contributed by atoms with E-state index in [2.05, 4.69) is 6.07 Å². The highest BCUT2D eigenvalue weighted by Gasteiger charge is 2.26. The van der Waals surface area contributed by atoms with Crippen molar-refractivity contribution in [1.29, 1.82) is 5.26 Å². The fourth-order valence-electron chi connectivity index (χ4n) is 2.59. The second-order valence-electron chi connectivity index (χ2n) is 4.92. The van der Waals surface area contributed by atoms with E-state index in [1.807, 2.05) is 12.1 Å². The molecule has 0 saturated heterocycles. The number of nitrogens with zero attached hydrogens (tertiary/aromatic N) is 2. The lowest BCUT2D eigenvalue weighted by Gasteiger charge is -2.26. The molecule has 1 aromatic rings. The summed E-state index contributed by atoms with van der Waals surface area (Å²) in [6.07, 6.45) is 4.69. The van der Waals surface area contributed by atoms with Gasteiger partial charge in [-0.1, -0.05) is 36.6 Å². The SMILES string of the molecule is N#CCN(C(=O)Cc1ccc(Cl)cc1)C1CCCC1. The van der Waals surface area contributed by atoms with Crippen molar-refractivity contribution in [2.75, 3.05) is 6.54 Å². The molecule has 0 aliphatic heterocycles. The summed E-state index contributed by atoms with van der Waals surface area (Å²) in [5.41, 5.74) is 0.940. The molecule has 0 atom stereocenters. The highest BCUT2D eigenvalue weighted by atomic mass is 35.5. The Bertz CT molecular complexity index is 472. The van der Waals surface area contributed by atoms with Gasteiger partial charge in [0.1, 0.15) is 6.54 Å².